The highest BCUT2D eigenvalue weighted by Crippen LogP contribution is 2.21. The molecule has 0 heterocycles. The van der Waals surface area contributed by atoms with E-state index >= 15 is 0 Å². The van der Waals surface area contributed by atoms with Crippen molar-refractivity contribution in [2.45, 2.75) is 19.1 Å². The molecule has 21 heavy (non-hydrogen) atoms. The fourth-order valence-corrected chi connectivity index (χ4v) is 1.39. The number of nitrogens with two attached hydrogens (primary N) is 1. The van der Waals surface area contributed by atoms with Crippen LogP contribution in [0, 0.1) is 0 Å². The first-order chi connectivity index (χ1) is 9.67. The third-order valence-electron chi connectivity index (χ3n) is 2.26. The minimum Gasteiger partial charge on any atom is -0.484 e. The Hall–Kier alpha value is -2.45. The molecule has 1 unspecified atom stereocenters. The van der Waals surface area contributed by atoms with Crippen molar-refractivity contribution in [2.24, 2.45) is 5.73 Å². The highest BCUT2D eigenvalue weighted by Gasteiger charge is 2.28. The molecule has 0 saturated carbocycles. The smallest absolute Gasteiger partial charge is 0.422 e. The monoisotopic (exact) mass is 305 g/mol. The van der Waals surface area contributed by atoms with E-state index in [0.717, 1.165) is 0 Å². The molecule has 116 valence electrons. The van der Waals surface area contributed by atoms with Crippen molar-refractivity contribution >= 4 is 17.6 Å². The summed E-state index contributed by atoms with van der Waals surface area (Å²) in [5, 5.41) is 4.58. The van der Waals surface area contributed by atoms with Crippen LogP contribution in [0.15, 0.2) is 24.3 Å². The van der Waals surface area contributed by atoms with Crippen LogP contribution < -0.4 is 21.1 Å². The number of carbonyl (C=O) groups excluding carboxylic acids is 2. The normalized spacial score (nSPS) is 12.4. The number of anilines is 1. The second-order valence-electron chi connectivity index (χ2n) is 4.15. The zero-order valence-electron chi connectivity index (χ0n) is 11.0. The number of nitrogens with one attached hydrogen (secondary N) is 2. The number of benzene rings is 1. The van der Waals surface area contributed by atoms with Crippen molar-refractivity contribution in [3.8, 4) is 5.75 Å². The van der Waals surface area contributed by atoms with Gasteiger partial charge in [-0.25, -0.2) is 4.79 Å². The number of imide groups is 1. The molecular formula is C12H14F3N3O3. The third-order valence-corrected chi connectivity index (χ3v) is 2.26. The van der Waals surface area contributed by atoms with Crippen molar-refractivity contribution in [3.63, 3.8) is 0 Å². The summed E-state index contributed by atoms with van der Waals surface area (Å²) < 4.78 is 40.7. The van der Waals surface area contributed by atoms with Crippen molar-refractivity contribution in [2.75, 3.05) is 11.9 Å². The molecule has 0 aliphatic heterocycles. The Balaban J connectivity index is 2.64. The number of carbonyl (C=O) groups is 2. The van der Waals surface area contributed by atoms with Crippen molar-refractivity contribution < 1.29 is 27.5 Å². The number of amides is 3. The first-order valence-electron chi connectivity index (χ1n) is 5.84. The van der Waals surface area contributed by atoms with Crippen molar-refractivity contribution in [3.05, 3.63) is 24.3 Å². The quantitative estimate of drug-likeness (QED) is 0.770. The van der Waals surface area contributed by atoms with E-state index < -0.39 is 30.8 Å². The van der Waals surface area contributed by atoms with Crippen LogP contribution in [-0.4, -0.2) is 30.8 Å². The van der Waals surface area contributed by atoms with Gasteiger partial charge >= 0.3 is 12.2 Å². The Morgan fingerprint density at radius 3 is 2.62 bits per heavy atom. The molecule has 4 N–H and O–H groups in total. The van der Waals surface area contributed by atoms with Gasteiger partial charge in [0.05, 0.1) is 0 Å². The third kappa shape index (κ3) is 6.50. The van der Waals surface area contributed by atoms with Gasteiger partial charge in [0.2, 0.25) is 5.91 Å². The lowest BCUT2D eigenvalue weighted by Gasteiger charge is -2.15. The SMILES string of the molecule is CC(Nc1cccc(OCC(F)(F)F)c1)C(=O)NC(N)=O. The number of hydrogen-bond donors (Lipinski definition) is 3. The number of halogens is 3. The fraction of sp³-hybridized carbons (Fsp3) is 0.333. The summed E-state index contributed by atoms with van der Waals surface area (Å²) in [7, 11) is 0. The molecule has 0 aromatic heterocycles. The molecule has 0 aliphatic rings. The lowest BCUT2D eigenvalue weighted by molar-refractivity contribution is -0.153. The molecular weight excluding hydrogens is 291 g/mol. The maximum absolute atomic E-state index is 12.0. The Bertz CT molecular complexity index is 520. The summed E-state index contributed by atoms with van der Waals surface area (Å²) in [6.45, 7) is 0.0513. The molecule has 0 fully saturated rings. The topological polar surface area (TPSA) is 93.4 Å². The van der Waals surface area contributed by atoms with Crippen LogP contribution in [0.2, 0.25) is 0 Å². The van der Waals surface area contributed by atoms with Crippen LogP contribution in [-0.2, 0) is 4.79 Å². The lowest BCUT2D eigenvalue weighted by atomic mass is 10.2. The minimum absolute atomic E-state index is 0.000153. The van der Waals surface area contributed by atoms with E-state index in [2.05, 4.69) is 10.1 Å². The van der Waals surface area contributed by atoms with Crippen LogP contribution in [0.4, 0.5) is 23.7 Å². The van der Waals surface area contributed by atoms with E-state index in [4.69, 9.17) is 5.73 Å². The summed E-state index contributed by atoms with van der Waals surface area (Å²) >= 11 is 0. The molecule has 6 nitrogen and oxygen atoms in total. The lowest BCUT2D eigenvalue weighted by Crippen LogP contribution is -2.43. The van der Waals surface area contributed by atoms with Gasteiger partial charge in [-0.1, -0.05) is 6.07 Å². The minimum atomic E-state index is -4.43. The zero-order chi connectivity index (χ0) is 16.0. The van der Waals surface area contributed by atoms with E-state index in [-0.39, 0.29) is 5.75 Å². The number of hydrogen-bond acceptors (Lipinski definition) is 4. The standard InChI is InChI=1S/C12H14F3N3O3/c1-7(10(19)18-11(16)20)17-8-3-2-4-9(5-8)21-6-12(13,14)15/h2-5,7,17H,6H2,1H3,(H3,16,18,19,20). The van der Waals surface area contributed by atoms with E-state index in [1.165, 1.54) is 31.2 Å². The van der Waals surface area contributed by atoms with Gasteiger partial charge in [-0.2, -0.15) is 13.2 Å². The van der Waals surface area contributed by atoms with Gasteiger partial charge in [-0.15, -0.1) is 0 Å². The largest absolute Gasteiger partial charge is 0.484 e. The molecule has 0 spiro atoms. The average Bonchev–Trinajstić information content (AvgIpc) is 2.35. The van der Waals surface area contributed by atoms with E-state index in [1.807, 2.05) is 5.32 Å². The van der Waals surface area contributed by atoms with Gasteiger partial charge in [0.1, 0.15) is 11.8 Å². The maximum Gasteiger partial charge on any atom is 0.422 e. The Kier molecular flexibility index (Phi) is 5.39. The molecule has 0 bridgehead atoms. The van der Waals surface area contributed by atoms with Crippen LogP contribution in [0.3, 0.4) is 0 Å². The van der Waals surface area contributed by atoms with Crippen molar-refractivity contribution in [1.29, 1.82) is 0 Å². The fourth-order valence-electron chi connectivity index (χ4n) is 1.39. The number of primary amides is 1. The van der Waals surface area contributed by atoms with Gasteiger partial charge in [0.15, 0.2) is 6.61 Å². The molecule has 1 atom stereocenters. The van der Waals surface area contributed by atoms with E-state index in [1.54, 1.807) is 0 Å². The molecule has 1 aromatic carbocycles. The number of ether oxygens (including phenoxy) is 1. The summed E-state index contributed by atoms with van der Waals surface area (Å²) in [5.41, 5.74) is 5.17. The molecule has 3 amide bonds. The zero-order valence-corrected chi connectivity index (χ0v) is 11.0. The van der Waals surface area contributed by atoms with Gasteiger partial charge in [-0.3, -0.25) is 10.1 Å². The second kappa shape index (κ2) is 6.82. The van der Waals surface area contributed by atoms with E-state index in [9.17, 15) is 22.8 Å². The second-order valence-corrected chi connectivity index (χ2v) is 4.15. The van der Waals surface area contributed by atoms with Crippen LogP contribution in [0.5, 0.6) is 5.75 Å². The average molecular weight is 305 g/mol. The van der Waals surface area contributed by atoms with Gasteiger partial charge in [0.25, 0.3) is 0 Å². The highest BCUT2D eigenvalue weighted by molar-refractivity contribution is 5.97. The van der Waals surface area contributed by atoms with Crippen LogP contribution >= 0.6 is 0 Å². The number of rotatable bonds is 5. The van der Waals surface area contributed by atoms with Crippen molar-refractivity contribution in [1.82, 2.24) is 5.32 Å². The summed E-state index contributed by atoms with van der Waals surface area (Å²) in [5.74, 6) is -0.663. The van der Waals surface area contributed by atoms with Gasteiger partial charge < -0.3 is 15.8 Å². The predicted molar refractivity (Wildman–Crippen MR) is 68.8 cm³/mol. The Morgan fingerprint density at radius 2 is 2.05 bits per heavy atom. The molecule has 1 rings (SSSR count). The summed E-state index contributed by atoms with van der Waals surface area (Å²) in [4.78, 5) is 22.0. The molecule has 0 radical (unpaired) electrons. The van der Waals surface area contributed by atoms with Gasteiger partial charge in [0, 0.05) is 11.8 Å². The van der Waals surface area contributed by atoms with Gasteiger partial charge in [-0.05, 0) is 19.1 Å². The highest BCUT2D eigenvalue weighted by atomic mass is 19.4. The first kappa shape index (κ1) is 16.6. The Labute approximate surface area is 118 Å². The summed E-state index contributed by atoms with van der Waals surface area (Å²) in [6, 6.07) is 3.86. The number of alkyl halides is 3. The molecule has 0 aliphatic carbocycles. The van der Waals surface area contributed by atoms with Crippen LogP contribution in [0.1, 0.15) is 6.92 Å². The maximum atomic E-state index is 12.0. The predicted octanol–water partition coefficient (Wildman–Crippen LogP) is 1.62. The summed E-state index contributed by atoms with van der Waals surface area (Å²) in [6.07, 6.45) is -4.43. The molecule has 1 aromatic rings. The number of urea groups is 1. The molecule has 0 saturated heterocycles. The van der Waals surface area contributed by atoms with E-state index in [0.29, 0.717) is 5.69 Å². The first-order valence-corrected chi connectivity index (χ1v) is 5.84. The molecule has 9 heteroatoms. The Morgan fingerprint density at radius 1 is 1.38 bits per heavy atom. The van der Waals surface area contributed by atoms with Crippen LogP contribution in [0.25, 0.3) is 0 Å².